The van der Waals surface area contributed by atoms with Crippen molar-refractivity contribution in [2.24, 2.45) is 0 Å². The van der Waals surface area contributed by atoms with Gasteiger partial charge in [0, 0.05) is 19.3 Å². The van der Waals surface area contributed by atoms with E-state index >= 15 is 0 Å². The molecule has 386 valence electrons. The summed E-state index contributed by atoms with van der Waals surface area (Å²) in [6.45, 7) is 10.4. The van der Waals surface area contributed by atoms with Gasteiger partial charge in [0.25, 0.3) is 0 Å². The monoisotopic (exact) mass is 946 g/mol. The molecule has 1 aromatic rings. The second-order valence-corrected chi connectivity index (χ2v) is 20.2. The van der Waals surface area contributed by atoms with E-state index in [1.54, 1.807) is 0 Å². The van der Waals surface area contributed by atoms with Crippen LogP contribution in [0.5, 0.6) is 0 Å². The summed E-state index contributed by atoms with van der Waals surface area (Å²) in [4.78, 5) is 37.0. The quantitative estimate of drug-likeness (QED) is 0.0268. The topological polar surface area (TPSA) is 195 Å². The van der Waals surface area contributed by atoms with Gasteiger partial charge >= 0.3 is 13.3 Å². The number of rotatable bonds is 48. The van der Waals surface area contributed by atoms with E-state index in [0.29, 0.717) is 13.1 Å². The molecular formula is C51H104N5O8P. The number of ether oxygens (including phenoxy) is 1. The van der Waals surface area contributed by atoms with Gasteiger partial charge in [-0.15, -0.1) is 0 Å². The fourth-order valence-electron chi connectivity index (χ4n) is 8.40. The maximum Gasteiger partial charge on any atom is 0.350 e. The smallest absolute Gasteiger partial charge is 0.350 e. The molecule has 1 atom stereocenters. The van der Waals surface area contributed by atoms with E-state index in [1.165, 1.54) is 231 Å². The summed E-state index contributed by atoms with van der Waals surface area (Å²) >= 11 is 0. The minimum absolute atomic E-state index is 0.0629. The Kier molecular flexibility index (Phi) is 46.6. The summed E-state index contributed by atoms with van der Waals surface area (Å²) in [5.41, 5.74) is 4.67. The van der Waals surface area contributed by atoms with Crippen molar-refractivity contribution in [3.63, 3.8) is 0 Å². The molecule has 0 aromatic carbocycles. The molecule has 0 amide bonds. The van der Waals surface area contributed by atoms with E-state index in [1.807, 2.05) is 0 Å². The average Bonchev–Trinajstić information content (AvgIpc) is 3.28. The highest BCUT2D eigenvalue weighted by Crippen LogP contribution is 2.34. The van der Waals surface area contributed by atoms with Crippen molar-refractivity contribution in [1.82, 2.24) is 19.4 Å². The van der Waals surface area contributed by atoms with Crippen LogP contribution in [0.1, 0.15) is 226 Å². The normalized spacial score (nSPS) is 12.3. The number of nitrogen functional groups attached to an aromatic ring is 1. The number of aliphatic hydroxyl groups excluding tert-OH is 3. The van der Waals surface area contributed by atoms with Crippen molar-refractivity contribution in [1.29, 1.82) is 0 Å². The molecule has 1 aromatic heterocycles. The molecule has 0 aliphatic rings. The highest BCUT2D eigenvalue weighted by atomic mass is 31.2. The number of hydrogen-bond donors (Lipinski definition) is 6. The van der Waals surface area contributed by atoms with E-state index in [2.05, 4.69) is 28.6 Å². The van der Waals surface area contributed by atoms with Gasteiger partial charge in [0.1, 0.15) is 12.2 Å². The molecule has 1 rings (SSSR count). The molecule has 14 heteroatoms. The molecule has 0 aliphatic carbocycles. The van der Waals surface area contributed by atoms with Crippen LogP contribution in [0.25, 0.3) is 0 Å². The van der Waals surface area contributed by atoms with Crippen molar-refractivity contribution in [3.8, 4) is 0 Å². The van der Waals surface area contributed by atoms with E-state index in [9.17, 15) is 19.6 Å². The van der Waals surface area contributed by atoms with Crippen molar-refractivity contribution in [3.05, 3.63) is 22.7 Å². The van der Waals surface area contributed by atoms with Crippen molar-refractivity contribution >= 4 is 13.4 Å². The van der Waals surface area contributed by atoms with Gasteiger partial charge < -0.3 is 40.5 Å². The molecule has 0 saturated heterocycles. The third-order valence-electron chi connectivity index (χ3n) is 12.4. The maximum absolute atomic E-state index is 11.4. The first-order chi connectivity index (χ1) is 31.6. The minimum atomic E-state index is -4.31. The summed E-state index contributed by atoms with van der Waals surface area (Å²) in [5.74, 6) is 0.0629. The van der Waals surface area contributed by atoms with Gasteiger partial charge in [0.2, 0.25) is 0 Å². The number of hydrogen-bond acceptors (Lipinski definition) is 10. The van der Waals surface area contributed by atoms with Gasteiger partial charge in [-0.05, 0) is 51.5 Å². The Hall–Kier alpha value is -1.41. The van der Waals surface area contributed by atoms with Gasteiger partial charge in [-0.25, -0.2) is 4.79 Å². The summed E-state index contributed by atoms with van der Waals surface area (Å²) in [6, 6.07) is 1.39. The van der Waals surface area contributed by atoms with Crippen LogP contribution < -0.4 is 11.4 Å². The zero-order valence-corrected chi connectivity index (χ0v) is 43.0. The Balaban J connectivity index is 0.00000188. The predicted molar refractivity (Wildman–Crippen MR) is 273 cm³/mol. The number of nitrogens with zero attached hydrogens (tertiary/aromatic N) is 4. The van der Waals surface area contributed by atoms with Gasteiger partial charge in [-0.1, -0.05) is 206 Å². The number of nitrogens with two attached hydrogens (primary N) is 1. The molecule has 0 aliphatic heterocycles. The Morgan fingerprint density at radius 2 is 0.877 bits per heavy atom. The predicted octanol–water partition coefficient (Wildman–Crippen LogP) is 10.8. The molecule has 7 N–H and O–H groups in total. The van der Waals surface area contributed by atoms with Gasteiger partial charge in [-0.2, -0.15) is 4.98 Å². The summed E-state index contributed by atoms with van der Waals surface area (Å²) in [6.07, 6.45) is 46.5. The first-order valence-electron chi connectivity index (χ1n) is 26.9. The van der Waals surface area contributed by atoms with E-state index in [-0.39, 0.29) is 25.6 Å². The lowest BCUT2D eigenvalue weighted by Crippen LogP contribution is -2.34. The summed E-state index contributed by atoms with van der Waals surface area (Å²) in [7, 11) is -4.31. The Morgan fingerprint density at radius 3 is 1.18 bits per heavy atom. The third kappa shape index (κ3) is 44.8. The molecule has 0 saturated carbocycles. The van der Waals surface area contributed by atoms with Crippen LogP contribution in [0, 0.1) is 0 Å². The zero-order valence-electron chi connectivity index (χ0n) is 42.1. The standard InChI is InChI=1S/C43H90N2O2.C8H14N3O6P/c1-3-5-7-9-11-13-15-17-19-21-23-25-27-29-31-33-36-44(38-35-39-45(40-42-46)41-43-47)37-34-32-30-28-26-24-22-20-18-16-14-12-10-8-6-4-2;9-7-1-2-11(8(13)10-7)3-6(4-12)17-5-18(14,15)16/h46-47H,3-43H2,1-2H3;1-2,6,12H,3-5H2,(H2,9,10,13)(H2,14,15,16)/t;6-/m.0/s1. The first-order valence-corrected chi connectivity index (χ1v) is 28.7. The summed E-state index contributed by atoms with van der Waals surface area (Å²) < 4.78 is 16.5. The molecule has 13 nitrogen and oxygen atoms in total. The van der Waals surface area contributed by atoms with Crippen molar-refractivity contribution in [2.75, 3.05) is 71.2 Å². The van der Waals surface area contributed by atoms with Crippen molar-refractivity contribution < 1.29 is 34.4 Å². The lowest BCUT2D eigenvalue weighted by atomic mass is 10.0. The van der Waals surface area contributed by atoms with Gasteiger partial charge in [-0.3, -0.25) is 14.0 Å². The molecular weight excluding hydrogens is 842 g/mol. The van der Waals surface area contributed by atoms with Crippen LogP contribution >= 0.6 is 7.60 Å². The number of unbranched alkanes of at least 4 members (excludes halogenated alkanes) is 30. The fourth-order valence-corrected chi connectivity index (χ4v) is 8.81. The Labute approximate surface area is 398 Å². The number of aromatic nitrogens is 2. The van der Waals surface area contributed by atoms with Crippen LogP contribution in [0.15, 0.2) is 17.1 Å². The van der Waals surface area contributed by atoms with Crippen LogP contribution in [0.3, 0.4) is 0 Å². The van der Waals surface area contributed by atoms with E-state index < -0.39 is 32.3 Å². The number of anilines is 1. The van der Waals surface area contributed by atoms with Gasteiger partial charge in [0.15, 0.2) is 0 Å². The molecule has 0 bridgehead atoms. The lowest BCUT2D eigenvalue weighted by molar-refractivity contribution is 0.0188. The van der Waals surface area contributed by atoms with E-state index in [0.717, 1.165) is 24.1 Å². The zero-order chi connectivity index (χ0) is 47.9. The summed E-state index contributed by atoms with van der Waals surface area (Å²) in [5, 5.41) is 27.7. The number of aliphatic hydroxyl groups is 3. The molecule has 1 heterocycles. The van der Waals surface area contributed by atoms with Crippen LogP contribution in [0.4, 0.5) is 5.82 Å². The highest BCUT2D eigenvalue weighted by Gasteiger charge is 2.18. The van der Waals surface area contributed by atoms with Crippen LogP contribution in [-0.4, -0.2) is 116 Å². The van der Waals surface area contributed by atoms with Crippen LogP contribution in [0.2, 0.25) is 0 Å². The van der Waals surface area contributed by atoms with Gasteiger partial charge in [0.05, 0.1) is 32.5 Å². The Bertz CT molecular complexity index is 1200. The highest BCUT2D eigenvalue weighted by molar-refractivity contribution is 7.51. The fraction of sp³-hybridized carbons (Fsp3) is 0.922. The molecule has 0 fully saturated rings. The minimum Gasteiger partial charge on any atom is -0.395 e. The average molecular weight is 946 g/mol. The first kappa shape index (κ1) is 63.6. The van der Waals surface area contributed by atoms with Crippen molar-refractivity contribution in [2.45, 2.75) is 238 Å². The third-order valence-corrected chi connectivity index (χ3v) is 12.9. The van der Waals surface area contributed by atoms with E-state index in [4.69, 9.17) is 25.4 Å². The molecule has 0 unspecified atom stereocenters. The molecule has 0 spiro atoms. The second kappa shape index (κ2) is 47.6. The molecule has 65 heavy (non-hydrogen) atoms. The SMILES string of the molecule is CCCCCCCCCCCCCCCCCCN(CCCCCCCCCCCCCCCCCC)CCCN(CCO)CCO.Nc1ccn(C[C@@H](CO)OCP(=O)(O)O)c(=O)n1. The van der Waals surface area contributed by atoms with Crippen LogP contribution in [-0.2, 0) is 15.8 Å². The lowest BCUT2D eigenvalue weighted by Gasteiger charge is -2.25. The largest absolute Gasteiger partial charge is 0.395 e. The maximum atomic E-state index is 11.4. The molecule has 0 radical (unpaired) electrons. The Morgan fingerprint density at radius 1 is 0.554 bits per heavy atom. The second-order valence-electron chi connectivity index (χ2n) is 18.6.